The molecular weight excluding hydrogens is 400 g/mol. The maximum atomic E-state index is 13.6. The Kier molecular flexibility index (Phi) is 4.90. The Labute approximate surface area is 186 Å². The number of imidazole rings is 1. The number of allylic oxidation sites excluding steroid dienone is 1. The van der Waals surface area contributed by atoms with E-state index in [-0.39, 0.29) is 11.9 Å². The molecule has 0 saturated carbocycles. The largest absolute Gasteiger partial charge is 0.497 e. The molecular formula is C26H24N4O2. The number of rotatable bonds is 4. The van der Waals surface area contributed by atoms with Crippen LogP contribution in [0.25, 0.3) is 11.0 Å². The van der Waals surface area contributed by atoms with E-state index in [9.17, 15) is 4.79 Å². The van der Waals surface area contributed by atoms with Crippen LogP contribution in [-0.4, -0.2) is 22.6 Å². The van der Waals surface area contributed by atoms with Crippen molar-refractivity contribution in [3.63, 3.8) is 0 Å². The number of aromatic nitrogens is 2. The van der Waals surface area contributed by atoms with E-state index in [1.807, 2.05) is 86.6 Å². The molecule has 1 aliphatic heterocycles. The maximum Gasteiger partial charge on any atom is 0.255 e. The summed E-state index contributed by atoms with van der Waals surface area (Å²) in [5.74, 6) is 1.29. The monoisotopic (exact) mass is 424 g/mol. The predicted molar refractivity (Wildman–Crippen MR) is 127 cm³/mol. The number of ether oxygens (including phenoxy) is 1. The number of fused-ring (bicyclic) bond motifs is 3. The van der Waals surface area contributed by atoms with Crippen molar-refractivity contribution in [3.05, 3.63) is 95.2 Å². The van der Waals surface area contributed by atoms with Crippen molar-refractivity contribution in [3.8, 4) is 5.75 Å². The average molecular weight is 425 g/mol. The van der Waals surface area contributed by atoms with Crippen molar-refractivity contribution < 1.29 is 9.53 Å². The zero-order valence-electron chi connectivity index (χ0n) is 18.2. The molecule has 0 radical (unpaired) electrons. The van der Waals surface area contributed by atoms with E-state index >= 15 is 0 Å². The van der Waals surface area contributed by atoms with Crippen LogP contribution in [0.5, 0.6) is 5.75 Å². The molecule has 1 amide bonds. The summed E-state index contributed by atoms with van der Waals surface area (Å²) in [6.45, 7) is 3.94. The normalized spacial score (nSPS) is 15.3. The van der Waals surface area contributed by atoms with Crippen molar-refractivity contribution in [2.75, 3.05) is 17.7 Å². The number of amides is 1. The highest BCUT2D eigenvalue weighted by atomic mass is 16.5. The minimum Gasteiger partial charge on any atom is -0.497 e. The summed E-state index contributed by atoms with van der Waals surface area (Å²) in [4.78, 5) is 18.4. The van der Waals surface area contributed by atoms with Gasteiger partial charge in [0, 0.05) is 11.4 Å². The van der Waals surface area contributed by atoms with Crippen molar-refractivity contribution >= 4 is 28.6 Å². The lowest BCUT2D eigenvalue weighted by atomic mass is 9.94. The molecule has 0 aliphatic carbocycles. The van der Waals surface area contributed by atoms with Gasteiger partial charge in [0.05, 0.1) is 29.8 Å². The third kappa shape index (κ3) is 3.39. The van der Waals surface area contributed by atoms with Gasteiger partial charge in [0.2, 0.25) is 5.95 Å². The van der Waals surface area contributed by atoms with Gasteiger partial charge in [-0.15, -0.1) is 0 Å². The molecule has 1 aromatic heterocycles. The van der Waals surface area contributed by atoms with Crippen molar-refractivity contribution in [2.45, 2.75) is 19.9 Å². The number of nitrogens with zero attached hydrogens (tertiary/aromatic N) is 2. The predicted octanol–water partition coefficient (Wildman–Crippen LogP) is 5.28. The van der Waals surface area contributed by atoms with E-state index in [0.717, 1.165) is 39.3 Å². The van der Waals surface area contributed by atoms with Crippen LogP contribution in [0.1, 0.15) is 24.1 Å². The van der Waals surface area contributed by atoms with E-state index in [1.165, 1.54) is 0 Å². The maximum absolute atomic E-state index is 13.6. The zero-order valence-corrected chi connectivity index (χ0v) is 18.2. The van der Waals surface area contributed by atoms with Gasteiger partial charge < -0.3 is 15.4 Å². The molecule has 0 unspecified atom stereocenters. The summed E-state index contributed by atoms with van der Waals surface area (Å²) in [5, 5.41) is 6.41. The molecule has 0 fully saturated rings. The van der Waals surface area contributed by atoms with Gasteiger partial charge in [-0.3, -0.25) is 9.36 Å². The van der Waals surface area contributed by atoms with Crippen LogP contribution in [-0.2, 0) is 4.79 Å². The molecule has 3 aromatic carbocycles. The SMILES string of the molecule is COc1cccc([C@H]2C(C(=O)Nc3ccc(C)cc3)=C(C)Nc3nc4ccccc4n32)c1. The number of anilines is 2. The molecule has 0 bridgehead atoms. The Balaban J connectivity index is 1.66. The minimum absolute atomic E-state index is 0.157. The van der Waals surface area contributed by atoms with E-state index < -0.39 is 0 Å². The summed E-state index contributed by atoms with van der Waals surface area (Å²) in [6, 6.07) is 23.2. The lowest BCUT2D eigenvalue weighted by Crippen LogP contribution is -2.30. The highest BCUT2D eigenvalue weighted by molar-refractivity contribution is 6.06. The van der Waals surface area contributed by atoms with E-state index in [1.54, 1.807) is 7.11 Å². The summed E-state index contributed by atoms with van der Waals surface area (Å²) >= 11 is 0. The standard InChI is InChI=1S/C26H24N4O2/c1-16-11-13-19(14-12-16)28-25(31)23-17(2)27-26-29-21-9-4-5-10-22(21)30(26)24(23)18-7-6-8-20(15-18)32-3/h4-15,24H,1-3H3,(H,27,29)(H,28,31)/t24-/m0/s1. The first-order chi connectivity index (χ1) is 15.5. The topological polar surface area (TPSA) is 68.2 Å². The summed E-state index contributed by atoms with van der Waals surface area (Å²) in [5.41, 5.74) is 6.07. The van der Waals surface area contributed by atoms with E-state index in [2.05, 4.69) is 15.2 Å². The van der Waals surface area contributed by atoms with Crippen molar-refractivity contribution in [2.24, 2.45) is 0 Å². The van der Waals surface area contributed by atoms with E-state index in [4.69, 9.17) is 9.72 Å². The molecule has 2 N–H and O–H groups in total. The van der Waals surface area contributed by atoms with Gasteiger partial charge in [-0.1, -0.05) is 42.0 Å². The van der Waals surface area contributed by atoms with Gasteiger partial charge in [0.25, 0.3) is 5.91 Å². The molecule has 2 heterocycles. The van der Waals surface area contributed by atoms with E-state index in [0.29, 0.717) is 11.5 Å². The molecule has 1 atom stereocenters. The van der Waals surface area contributed by atoms with Crippen LogP contribution in [0.15, 0.2) is 84.1 Å². The second-order valence-electron chi connectivity index (χ2n) is 7.96. The van der Waals surface area contributed by atoms with Gasteiger partial charge in [-0.25, -0.2) is 4.98 Å². The molecule has 0 saturated heterocycles. The molecule has 32 heavy (non-hydrogen) atoms. The first kappa shape index (κ1) is 19.9. The van der Waals surface area contributed by atoms with Gasteiger partial charge >= 0.3 is 0 Å². The molecule has 5 rings (SSSR count). The lowest BCUT2D eigenvalue weighted by Gasteiger charge is -2.31. The first-order valence-corrected chi connectivity index (χ1v) is 10.5. The van der Waals surface area contributed by atoms with Crippen LogP contribution in [0.2, 0.25) is 0 Å². The minimum atomic E-state index is -0.362. The Hall–Kier alpha value is -4.06. The van der Waals surface area contributed by atoms with Crippen LogP contribution < -0.4 is 15.4 Å². The Morgan fingerprint density at radius 1 is 1.03 bits per heavy atom. The fourth-order valence-corrected chi connectivity index (χ4v) is 4.22. The third-order valence-electron chi connectivity index (χ3n) is 5.79. The summed E-state index contributed by atoms with van der Waals surface area (Å²) in [6.07, 6.45) is 0. The number of para-hydroxylation sites is 2. The van der Waals surface area contributed by atoms with Crippen molar-refractivity contribution in [1.29, 1.82) is 0 Å². The molecule has 6 heteroatoms. The highest BCUT2D eigenvalue weighted by Crippen LogP contribution is 2.40. The van der Waals surface area contributed by atoms with Gasteiger partial charge in [0.1, 0.15) is 5.75 Å². The van der Waals surface area contributed by atoms with Gasteiger partial charge in [-0.2, -0.15) is 0 Å². The van der Waals surface area contributed by atoms with Crippen LogP contribution in [0.3, 0.4) is 0 Å². The van der Waals surface area contributed by atoms with Crippen LogP contribution in [0.4, 0.5) is 11.6 Å². The van der Waals surface area contributed by atoms with Gasteiger partial charge in [-0.05, 0) is 55.8 Å². The number of methoxy groups -OCH3 is 1. The Morgan fingerprint density at radius 2 is 1.81 bits per heavy atom. The van der Waals surface area contributed by atoms with Crippen molar-refractivity contribution in [1.82, 2.24) is 9.55 Å². The lowest BCUT2D eigenvalue weighted by molar-refractivity contribution is -0.113. The number of benzene rings is 3. The number of hydrogen-bond donors (Lipinski definition) is 2. The molecule has 1 aliphatic rings. The zero-order chi connectivity index (χ0) is 22.2. The molecule has 0 spiro atoms. The van der Waals surface area contributed by atoms with Gasteiger partial charge in [0.15, 0.2) is 0 Å². The number of aryl methyl sites for hydroxylation is 1. The Morgan fingerprint density at radius 3 is 2.59 bits per heavy atom. The molecule has 6 nitrogen and oxygen atoms in total. The number of hydrogen-bond acceptors (Lipinski definition) is 4. The average Bonchev–Trinajstić information content (AvgIpc) is 3.17. The summed E-state index contributed by atoms with van der Waals surface area (Å²) in [7, 11) is 1.64. The highest BCUT2D eigenvalue weighted by Gasteiger charge is 2.34. The second kappa shape index (κ2) is 7.89. The summed E-state index contributed by atoms with van der Waals surface area (Å²) < 4.78 is 7.56. The van der Waals surface area contributed by atoms with Crippen LogP contribution >= 0.6 is 0 Å². The van der Waals surface area contributed by atoms with Crippen LogP contribution in [0, 0.1) is 6.92 Å². The third-order valence-corrected chi connectivity index (χ3v) is 5.79. The fraction of sp³-hybridized carbons (Fsp3) is 0.154. The quantitative estimate of drug-likeness (QED) is 0.468. The number of carbonyl (C=O) groups is 1. The fourth-order valence-electron chi connectivity index (χ4n) is 4.22. The molecule has 160 valence electrons. The number of carbonyl (C=O) groups excluding carboxylic acids is 1. The molecule has 4 aromatic rings. The number of nitrogens with one attached hydrogen (secondary N) is 2. The second-order valence-corrected chi connectivity index (χ2v) is 7.96. The Bertz CT molecular complexity index is 1350. The first-order valence-electron chi connectivity index (χ1n) is 10.5. The smallest absolute Gasteiger partial charge is 0.255 e.